The van der Waals surface area contributed by atoms with Crippen molar-refractivity contribution >= 4 is 16.9 Å². The molecule has 0 aliphatic heterocycles. The van der Waals surface area contributed by atoms with E-state index in [-0.39, 0.29) is 11.2 Å². The summed E-state index contributed by atoms with van der Waals surface area (Å²) in [5.41, 5.74) is 0.121. The number of carboxylic acid groups (broad SMARTS) is 1. The van der Waals surface area contributed by atoms with Gasteiger partial charge in [0.1, 0.15) is 17.0 Å². The predicted molar refractivity (Wildman–Crippen MR) is 74.7 cm³/mol. The number of nitrogens with zero attached hydrogens (tertiary/aromatic N) is 1. The molecule has 21 heavy (non-hydrogen) atoms. The third-order valence-corrected chi connectivity index (χ3v) is 3.13. The molecule has 2 aromatic heterocycles. The number of hydrogen-bond donors (Lipinski definition) is 2. The highest BCUT2D eigenvalue weighted by Crippen LogP contribution is 2.28. The van der Waals surface area contributed by atoms with Gasteiger partial charge in [-0.15, -0.1) is 0 Å². The number of fused-ring (bicyclic) bond motifs is 1. The average molecular weight is 284 g/mol. The lowest BCUT2D eigenvalue weighted by atomic mass is 9.99. The molecule has 0 amide bonds. The molecule has 0 aliphatic carbocycles. The molecule has 0 atom stereocenters. The van der Waals surface area contributed by atoms with Crippen molar-refractivity contribution in [3.8, 4) is 11.1 Å². The molecule has 0 unspecified atom stereocenters. The molecule has 1 aromatic carbocycles. The van der Waals surface area contributed by atoms with Gasteiger partial charge in [0.25, 0.3) is 5.56 Å². The Morgan fingerprint density at radius 2 is 1.90 bits per heavy atom. The Morgan fingerprint density at radius 3 is 2.57 bits per heavy atom. The quantitative estimate of drug-likeness (QED) is 0.757. The number of halogens is 1. The van der Waals surface area contributed by atoms with E-state index in [4.69, 9.17) is 0 Å². The number of rotatable bonds is 2. The standard InChI is InChI=1S/C15H9FN2O3/c16-9-5-3-8(4-6-9)11-10-2-1-7-17-12(10)14(19)18-13(11)15(20)21/h1-7H,(H,18,19)(H,20,21). The van der Waals surface area contributed by atoms with Crippen LogP contribution >= 0.6 is 0 Å². The van der Waals surface area contributed by atoms with Gasteiger partial charge in [-0.3, -0.25) is 9.78 Å². The number of aromatic nitrogens is 2. The predicted octanol–water partition coefficient (Wildman–Crippen LogP) is 2.43. The van der Waals surface area contributed by atoms with E-state index in [1.807, 2.05) is 0 Å². The highest BCUT2D eigenvalue weighted by molar-refractivity contribution is 6.04. The summed E-state index contributed by atoms with van der Waals surface area (Å²) in [5.74, 6) is -1.69. The Kier molecular flexibility index (Phi) is 2.98. The summed E-state index contributed by atoms with van der Waals surface area (Å²) in [6, 6.07) is 8.61. The minimum Gasteiger partial charge on any atom is -0.477 e. The molecule has 2 N–H and O–H groups in total. The van der Waals surface area contributed by atoms with Crippen molar-refractivity contribution < 1.29 is 14.3 Å². The van der Waals surface area contributed by atoms with Crippen LogP contribution in [0.15, 0.2) is 47.4 Å². The molecule has 3 rings (SSSR count). The van der Waals surface area contributed by atoms with Crippen molar-refractivity contribution in [3.05, 3.63) is 64.5 Å². The maximum absolute atomic E-state index is 13.1. The minimum absolute atomic E-state index is 0.141. The van der Waals surface area contributed by atoms with Crippen molar-refractivity contribution in [3.63, 3.8) is 0 Å². The Hall–Kier alpha value is -3.02. The van der Waals surface area contributed by atoms with Gasteiger partial charge in [-0.05, 0) is 23.8 Å². The molecule has 3 aromatic rings. The summed E-state index contributed by atoms with van der Waals surface area (Å²) < 4.78 is 13.1. The molecular weight excluding hydrogens is 275 g/mol. The monoisotopic (exact) mass is 284 g/mol. The molecular formula is C15H9FN2O3. The molecule has 0 bridgehead atoms. The summed E-state index contributed by atoms with van der Waals surface area (Å²) in [7, 11) is 0. The number of hydrogen-bond acceptors (Lipinski definition) is 3. The van der Waals surface area contributed by atoms with E-state index in [0.717, 1.165) is 0 Å². The smallest absolute Gasteiger partial charge is 0.353 e. The summed E-state index contributed by atoms with van der Waals surface area (Å²) in [5, 5.41) is 9.71. The first kappa shape index (κ1) is 13.0. The van der Waals surface area contributed by atoms with Crippen LogP contribution in [0.25, 0.3) is 22.0 Å². The molecule has 0 aliphatic rings. The number of aromatic carboxylic acids is 1. The maximum atomic E-state index is 13.1. The van der Waals surface area contributed by atoms with Crippen LogP contribution in [-0.4, -0.2) is 21.0 Å². The lowest BCUT2D eigenvalue weighted by Gasteiger charge is -2.09. The van der Waals surface area contributed by atoms with Gasteiger partial charge >= 0.3 is 5.97 Å². The van der Waals surface area contributed by atoms with Crippen LogP contribution in [-0.2, 0) is 0 Å². The van der Waals surface area contributed by atoms with Gasteiger partial charge in [0.2, 0.25) is 0 Å². The number of pyridine rings is 2. The molecule has 0 saturated heterocycles. The minimum atomic E-state index is -1.27. The van der Waals surface area contributed by atoms with Crippen molar-refractivity contribution in [2.75, 3.05) is 0 Å². The van der Waals surface area contributed by atoms with Crippen molar-refractivity contribution in [1.29, 1.82) is 0 Å². The van der Waals surface area contributed by atoms with Crippen molar-refractivity contribution in [2.24, 2.45) is 0 Å². The maximum Gasteiger partial charge on any atom is 0.353 e. The first-order valence-electron chi connectivity index (χ1n) is 6.08. The summed E-state index contributed by atoms with van der Waals surface area (Å²) >= 11 is 0. The summed E-state index contributed by atoms with van der Waals surface area (Å²) in [6.07, 6.45) is 1.45. The zero-order valence-electron chi connectivity index (χ0n) is 10.6. The van der Waals surface area contributed by atoms with Crippen molar-refractivity contribution in [1.82, 2.24) is 9.97 Å². The number of carbonyl (C=O) groups is 1. The molecule has 0 saturated carbocycles. The highest BCUT2D eigenvalue weighted by atomic mass is 19.1. The van der Waals surface area contributed by atoms with Gasteiger partial charge in [0.05, 0.1) is 0 Å². The van der Waals surface area contributed by atoms with Crippen LogP contribution < -0.4 is 5.56 Å². The molecule has 0 fully saturated rings. The number of nitrogens with one attached hydrogen (secondary N) is 1. The average Bonchev–Trinajstić information content (AvgIpc) is 2.48. The Balaban J connectivity index is 2.46. The Bertz CT molecular complexity index is 901. The fourth-order valence-corrected chi connectivity index (χ4v) is 2.23. The highest BCUT2D eigenvalue weighted by Gasteiger charge is 2.18. The van der Waals surface area contributed by atoms with Crippen LogP contribution in [0, 0.1) is 5.82 Å². The molecule has 0 spiro atoms. The second-order valence-corrected chi connectivity index (χ2v) is 4.42. The molecule has 5 nitrogen and oxygen atoms in total. The Morgan fingerprint density at radius 1 is 1.19 bits per heavy atom. The number of H-pyrrole nitrogens is 1. The zero-order valence-corrected chi connectivity index (χ0v) is 10.6. The number of aromatic amines is 1. The lowest BCUT2D eigenvalue weighted by molar-refractivity contribution is 0.0691. The van der Waals surface area contributed by atoms with Gasteiger partial charge in [-0.1, -0.05) is 18.2 Å². The van der Waals surface area contributed by atoms with Crippen LogP contribution in [0.5, 0.6) is 0 Å². The normalized spacial score (nSPS) is 10.7. The third-order valence-electron chi connectivity index (χ3n) is 3.13. The van der Waals surface area contributed by atoms with E-state index >= 15 is 0 Å². The van der Waals surface area contributed by atoms with E-state index in [0.29, 0.717) is 16.5 Å². The third kappa shape index (κ3) is 2.16. The lowest BCUT2D eigenvalue weighted by Crippen LogP contribution is -2.16. The van der Waals surface area contributed by atoms with Gasteiger partial charge < -0.3 is 10.1 Å². The van der Waals surface area contributed by atoms with E-state index in [2.05, 4.69) is 9.97 Å². The molecule has 2 heterocycles. The van der Waals surface area contributed by atoms with Gasteiger partial charge in [-0.25, -0.2) is 9.18 Å². The van der Waals surface area contributed by atoms with Crippen LogP contribution in [0.3, 0.4) is 0 Å². The van der Waals surface area contributed by atoms with Crippen molar-refractivity contribution in [2.45, 2.75) is 0 Å². The fourth-order valence-electron chi connectivity index (χ4n) is 2.23. The Labute approximate surface area is 117 Å². The molecule has 0 radical (unpaired) electrons. The van der Waals surface area contributed by atoms with Crippen LogP contribution in [0.1, 0.15) is 10.5 Å². The van der Waals surface area contributed by atoms with Gasteiger partial charge in [0, 0.05) is 17.1 Å². The van der Waals surface area contributed by atoms with Crippen LogP contribution in [0.4, 0.5) is 4.39 Å². The van der Waals surface area contributed by atoms with E-state index in [1.165, 1.54) is 30.5 Å². The number of benzene rings is 1. The van der Waals surface area contributed by atoms with Gasteiger partial charge in [-0.2, -0.15) is 0 Å². The van der Waals surface area contributed by atoms with E-state index in [1.54, 1.807) is 12.1 Å². The largest absolute Gasteiger partial charge is 0.477 e. The molecule has 104 valence electrons. The first-order chi connectivity index (χ1) is 10.1. The van der Waals surface area contributed by atoms with Gasteiger partial charge in [0.15, 0.2) is 0 Å². The van der Waals surface area contributed by atoms with E-state index < -0.39 is 17.3 Å². The zero-order chi connectivity index (χ0) is 15.0. The first-order valence-corrected chi connectivity index (χ1v) is 6.08. The molecule has 6 heteroatoms. The SMILES string of the molecule is O=C(O)c1[nH]c(=O)c2ncccc2c1-c1ccc(F)cc1. The van der Waals surface area contributed by atoms with E-state index in [9.17, 15) is 19.1 Å². The fraction of sp³-hybridized carbons (Fsp3) is 0. The summed E-state index contributed by atoms with van der Waals surface area (Å²) in [6.45, 7) is 0. The van der Waals surface area contributed by atoms with Crippen LogP contribution in [0.2, 0.25) is 0 Å². The topological polar surface area (TPSA) is 83.0 Å². The second-order valence-electron chi connectivity index (χ2n) is 4.42. The second kappa shape index (κ2) is 4.82. The summed E-state index contributed by atoms with van der Waals surface area (Å²) in [4.78, 5) is 29.6. The number of carboxylic acids is 1.